The number of hydrogen-bond donors (Lipinski definition) is 2. The van der Waals surface area contributed by atoms with E-state index in [4.69, 9.17) is 11.6 Å². The van der Waals surface area contributed by atoms with Crippen LogP contribution < -0.4 is 5.32 Å². The number of hydrogen-bond acceptors (Lipinski definition) is 4. The van der Waals surface area contributed by atoms with Gasteiger partial charge in [0.1, 0.15) is 10.9 Å². The van der Waals surface area contributed by atoms with E-state index in [0.717, 1.165) is 0 Å². The average molecular weight is 369 g/mol. The van der Waals surface area contributed by atoms with Crippen LogP contribution in [0.15, 0.2) is 29.2 Å². The molecule has 1 amide bonds. The minimum atomic E-state index is -3.87. The number of aryl methyl sites for hydroxylation is 2. The molecule has 0 radical (unpaired) electrons. The Bertz CT molecular complexity index is 857. The molecule has 1 atom stereocenters. The summed E-state index contributed by atoms with van der Waals surface area (Å²) in [6.07, 6.45) is 0. The predicted octanol–water partition coefficient (Wildman–Crippen LogP) is 1.54. The molecule has 2 N–H and O–H groups in total. The van der Waals surface area contributed by atoms with Gasteiger partial charge in [0, 0.05) is 18.1 Å². The van der Waals surface area contributed by atoms with Crippen molar-refractivity contribution < 1.29 is 13.2 Å². The summed E-state index contributed by atoms with van der Waals surface area (Å²) in [4.78, 5) is 12.5. The molecule has 7 nitrogen and oxygen atoms in total. The molecule has 1 aromatic carbocycles. The Morgan fingerprint density at radius 1 is 1.25 bits per heavy atom. The molecule has 1 fully saturated rings. The zero-order valence-electron chi connectivity index (χ0n) is 13.2. The van der Waals surface area contributed by atoms with E-state index in [1.54, 1.807) is 38.1 Å². The summed E-state index contributed by atoms with van der Waals surface area (Å²) in [5.74, 6) is -0.356. The van der Waals surface area contributed by atoms with Gasteiger partial charge in [0.05, 0.1) is 11.4 Å². The molecule has 24 heavy (non-hydrogen) atoms. The second kappa shape index (κ2) is 6.19. The molecule has 2 heterocycles. The zero-order chi connectivity index (χ0) is 17.5. The van der Waals surface area contributed by atoms with Crippen molar-refractivity contribution in [2.24, 2.45) is 0 Å². The highest BCUT2D eigenvalue weighted by Crippen LogP contribution is 2.32. The summed E-state index contributed by atoms with van der Waals surface area (Å²) in [5, 5.41) is 9.88. The maximum absolute atomic E-state index is 13.1. The van der Waals surface area contributed by atoms with Crippen LogP contribution in [0.1, 0.15) is 23.0 Å². The number of carbonyl (C=O) groups is 1. The molecule has 1 aromatic heterocycles. The Labute approximate surface area is 145 Å². The third kappa shape index (κ3) is 2.81. The van der Waals surface area contributed by atoms with E-state index in [0.29, 0.717) is 22.0 Å². The van der Waals surface area contributed by atoms with Crippen LogP contribution in [-0.2, 0) is 14.8 Å². The summed E-state index contributed by atoms with van der Waals surface area (Å²) in [6, 6.07) is 5.66. The van der Waals surface area contributed by atoms with Crippen molar-refractivity contribution in [3.63, 3.8) is 0 Å². The number of halogens is 1. The average Bonchev–Trinajstić information content (AvgIpc) is 2.87. The largest absolute Gasteiger partial charge is 0.353 e. The minimum Gasteiger partial charge on any atom is -0.353 e. The Morgan fingerprint density at radius 3 is 2.50 bits per heavy atom. The first-order valence-electron chi connectivity index (χ1n) is 7.39. The topological polar surface area (TPSA) is 95.2 Å². The smallest absolute Gasteiger partial charge is 0.247 e. The number of amides is 1. The molecule has 0 aliphatic carbocycles. The summed E-state index contributed by atoms with van der Waals surface area (Å²) < 4.78 is 27.5. The van der Waals surface area contributed by atoms with Crippen molar-refractivity contribution in [3.8, 4) is 0 Å². The van der Waals surface area contributed by atoms with Gasteiger partial charge in [0.2, 0.25) is 15.9 Å². The molecule has 0 saturated carbocycles. The lowest BCUT2D eigenvalue weighted by Gasteiger charge is -2.34. The molecule has 1 aliphatic heterocycles. The normalized spacial score (nSPS) is 19.3. The summed E-state index contributed by atoms with van der Waals surface area (Å²) in [6.45, 7) is 3.72. The number of nitrogens with zero attached hydrogens (tertiary/aromatic N) is 2. The SMILES string of the molecule is Cc1n[nH]c(C)c1S(=O)(=O)N1CCNC(=O)C1c1ccc(Cl)cc1. The summed E-state index contributed by atoms with van der Waals surface area (Å²) in [5.41, 5.74) is 1.40. The molecule has 2 aromatic rings. The predicted molar refractivity (Wildman–Crippen MR) is 89.2 cm³/mol. The van der Waals surface area contributed by atoms with E-state index in [-0.39, 0.29) is 23.9 Å². The van der Waals surface area contributed by atoms with Gasteiger partial charge in [-0.15, -0.1) is 0 Å². The Kier molecular flexibility index (Phi) is 4.37. The van der Waals surface area contributed by atoms with Gasteiger partial charge in [0.15, 0.2) is 0 Å². The second-order valence-electron chi connectivity index (χ2n) is 5.62. The van der Waals surface area contributed by atoms with Gasteiger partial charge in [0.25, 0.3) is 0 Å². The summed E-state index contributed by atoms with van der Waals surface area (Å²) in [7, 11) is -3.87. The fourth-order valence-electron chi connectivity index (χ4n) is 2.91. The standard InChI is InChI=1S/C15H17ClN4O3S/c1-9-14(10(2)19-18-9)24(22,23)20-8-7-17-15(21)13(20)11-3-5-12(16)6-4-11/h3-6,13H,7-8H2,1-2H3,(H,17,21)(H,18,19). The molecule has 0 bridgehead atoms. The van der Waals surface area contributed by atoms with Crippen LogP contribution >= 0.6 is 11.6 Å². The highest BCUT2D eigenvalue weighted by Gasteiger charge is 2.41. The van der Waals surface area contributed by atoms with Gasteiger partial charge >= 0.3 is 0 Å². The minimum absolute atomic E-state index is 0.121. The fourth-order valence-corrected chi connectivity index (χ4v) is 4.94. The van der Waals surface area contributed by atoms with Gasteiger partial charge in [-0.05, 0) is 31.5 Å². The Morgan fingerprint density at radius 2 is 1.92 bits per heavy atom. The Hall–Kier alpha value is -1.90. The van der Waals surface area contributed by atoms with Crippen LogP contribution in [0.4, 0.5) is 0 Å². The van der Waals surface area contributed by atoms with Gasteiger partial charge in [-0.3, -0.25) is 9.89 Å². The van der Waals surface area contributed by atoms with E-state index in [9.17, 15) is 13.2 Å². The van der Waals surface area contributed by atoms with Gasteiger partial charge in [-0.1, -0.05) is 23.7 Å². The number of piperazine rings is 1. The van der Waals surface area contributed by atoms with E-state index in [2.05, 4.69) is 15.5 Å². The third-order valence-electron chi connectivity index (χ3n) is 3.98. The third-order valence-corrected chi connectivity index (χ3v) is 6.36. The first-order chi connectivity index (χ1) is 11.3. The molecular formula is C15H17ClN4O3S. The van der Waals surface area contributed by atoms with E-state index < -0.39 is 16.1 Å². The quantitative estimate of drug-likeness (QED) is 0.859. The lowest BCUT2D eigenvalue weighted by molar-refractivity contribution is -0.126. The van der Waals surface area contributed by atoms with Crippen molar-refractivity contribution in [2.45, 2.75) is 24.8 Å². The second-order valence-corrected chi connectivity index (χ2v) is 7.89. The monoisotopic (exact) mass is 368 g/mol. The number of H-pyrrole nitrogens is 1. The maximum Gasteiger partial charge on any atom is 0.247 e. The van der Waals surface area contributed by atoms with Crippen molar-refractivity contribution >= 4 is 27.5 Å². The van der Waals surface area contributed by atoms with E-state index >= 15 is 0 Å². The molecule has 1 unspecified atom stereocenters. The first-order valence-corrected chi connectivity index (χ1v) is 9.21. The molecule has 1 aliphatic rings. The highest BCUT2D eigenvalue weighted by molar-refractivity contribution is 7.89. The molecular weight excluding hydrogens is 352 g/mol. The van der Waals surface area contributed by atoms with Crippen LogP contribution in [0, 0.1) is 13.8 Å². The van der Waals surface area contributed by atoms with Gasteiger partial charge in [-0.25, -0.2) is 8.42 Å². The van der Waals surface area contributed by atoms with Gasteiger partial charge in [-0.2, -0.15) is 9.40 Å². The van der Waals surface area contributed by atoms with Crippen LogP contribution in [0.25, 0.3) is 0 Å². The summed E-state index contributed by atoms with van der Waals surface area (Å²) >= 11 is 5.89. The van der Waals surface area contributed by atoms with Gasteiger partial charge < -0.3 is 5.32 Å². The van der Waals surface area contributed by atoms with Crippen LogP contribution in [0.5, 0.6) is 0 Å². The lowest BCUT2D eigenvalue weighted by atomic mass is 10.1. The Balaban J connectivity index is 2.10. The van der Waals surface area contributed by atoms with Crippen LogP contribution in [0.3, 0.4) is 0 Å². The maximum atomic E-state index is 13.1. The molecule has 3 rings (SSSR count). The highest BCUT2D eigenvalue weighted by atomic mass is 35.5. The molecule has 1 saturated heterocycles. The van der Waals surface area contributed by atoms with Crippen molar-refractivity contribution in [1.82, 2.24) is 19.8 Å². The van der Waals surface area contributed by atoms with Crippen LogP contribution in [0.2, 0.25) is 5.02 Å². The zero-order valence-corrected chi connectivity index (χ0v) is 14.8. The van der Waals surface area contributed by atoms with Crippen molar-refractivity contribution in [3.05, 3.63) is 46.2 Å². The number of rotatable bonds is 3. The number of aromatic amines is 1. The molecule has 0 spiro atoms. The van der Waals surface area contributed by atoms with Crippen LogP contribution in [-0.4, -0.2) is 41.9 Å². The number of carbonyl (C=O) groups excluding carboxylic acids is 1. The number of nitrogens with one attached hydrogen (secondary N) is 2. The molecule has 128 valence electrons. The number of benzene rings is 1. The van der Waals surface area contributed by atoms with E-state index in [1.807, 2.05) is 0 Å². The fraction of sp³-hybridized carbons (Fsp3) is 0.333. The van der Waals surface area contributed by atoms with E-state index in [1.165, 1.54) is 4.31 Å². The number of sulfonamides is 1. The number of aromatic nitrogens is 2. The van der Waals surface area contributed by atoms with Crippen molar-refractivity contribution in [1.29, 1.82) is 0 Å². The molecule has 9 heteroatoms. The first kappa shape index (κ1) is 16.9. The van der Waals surface area contributed by atoms with Crippen molar-refractivity contribution in [2.75, 3.05) is 13.1 Å². The lowest BCUT2D eigenvalue weighted by Crippen LogP contribution is -2.52.